The Labute approximate surface area is 187 Å². The Morgan fingerprint density at radius 2 is 1.81 bits per heavy atom. The standard InChI is InChI=1S/C23H37N3O4S/c1-4-12-25(20(2)18-21-7-9-22(10-8-21)31(3,29)30)13-5-6-14-26-17-16-24(19-27)15-11-23(26)28/h7-10,19-20H,4-6,11-18H2,1-3H3. The van der Waals surface area contributed by atoms with E-state index in [1.807, 2.05) is 17.0 Å². The minimum absolute atomic E-state index is 0.140. The molecule has 0 bridgehead atoms. The van der Waals surface area contributed by atoms with Gasteiger partial charge in [-0.3, -0.25) is 9.59 Å². The van der Waals surface area contributed by atoms with Crippen LogP contribution in [0.2, 0.25) is 0 Å². The fourth-order valence-electron chi connectivity index (χ4n) is 4.03. The van der Waals surface area contributed by atoms with Gasteiger partial charge in [0.25, 0.3) is 0 Å². The summed E-state index contributed by atoms with van der Waals surface area (Å²) in [6, 6.07) is 7.54. The second-order valence-corrected chi connectivity index (χ2v) is 10.5. The van der Waals surface area contributed by atoms with Crippen molar-refractivity contribution >= 4 is 22.2 Å². The lowest BCUT2D eigenvalue weighted by Gasteiger charge is -2.29. The van der Waals surface area contributed by atoms with E-state index >= 15 is 0 Å². The number of sulfone groups is 1. The van der Waals surface area contributed by atoms with Gasteiger partial charge in [-0.2, -0.15) is 0 Å². The van der Waals surface area contributed by atoms with Crippen molar-refractivity contribution in [2.45, 2.75) is 56.9 Å². The highest BCUT2D eigenvalue weighted by atomic mass is 32.2. The predicted octanol–water partition coefficient (Wildman–Crippen LogP) is 2.20. The van der Waals surface area contributed by atoms with E-state index in [9.17, 15) is 18.0 Å². The number of hydrogen-bond acceptors (Lipinski definition) is 5. The summed E-state index contributed by atoms with van der Waals surface area (Å²) in [6.07, 6.45) is 6.37. The first-order valence-electron chi connectivity index (χ1n) is 11.2. The van der Waals surface area contributed by atoms with Gasteiger partial charge in [-0.15, -0.1) is 0 Å². The summed E-state index contributed by atoms with van der Waals surface area (Å²) in [6.45, 7) is 8.88. The van der Waals surface area contributed by atoms with Gasteiger partial charge >= 0.3 is 0 Å². The minimum atomic E-state index is -3.17. The van der Waals surface area contributed by atoms with Crippen molar-refractivity contribution in [3.63, 3.8) is 0 Å². The van der Waals surface area contributed by atoms with Crippen molar-refractivity contribution < 1.29 is 18.0 Å². The van der Waals surface area contributed by atoms with Gasteiger partial charge in [-0.05, 0) is 63.4 Å². The van der Waals surface area contributed by atoms with Crippen LogP contribution in [0.4, 0.5) is 0 Å². The van der Waals surface area contributed by atoms with Crippen molar-refractivity contribution in [2.24, 2.45) is 0 Å². The van der Waals surface area contributed by atoms with Crippen LogP contribution in [-0.4, -0.2) is 87.0 Å². The molecule has 1 aromatic carbocycles. The van der Waals surface area contributed by atoms with Crippen LogP contribution in [0.25, 0.3) is 0 Å². The average molecular weight is 452 g/mol. The molecule has 7 nitrogen and oxygen atoms in total. The van der Waals surface area contributed by atoms with Gasteiger partial charge in [-0.25, -0.2) is 8.42 Å². The van der Waals surface area contributed by atoms with E-state index in [-0.39, 0.29) is 5.91 Å². The number of carbonyl (C=O) groups is 2. The number of amides is 2. The first-order chi connectivity index (χ1) is 14.7. The average Bonchev–Trinajstić information content (AvgIpc) is 2.91. The third-order valence-corrected chi connectivity index (χ3v) is 7.04. The van der Waals surface area contributed by atoms with Crippen LogP contribution in [0.3, 0.4) is 0 Å². The third kappa shape index (κ3) is 8.26. The van der Waals surface area contributed by atoms with Crippen molar-refractivity contribution in [2.75, 3.05) is 45.5 Å². The van der Waals surface area contributed by atoms with Gasteiger partial charge in [0, 0.05) is 44.9 Å². The zero-order valence-corrected chi connectivity index (χ0v) is 19.9. The first kappa shape index (κ1) is 25.3. The Balaban J connectivity index is 1.82. The Morgan fingerprint density at radius 3 is 2.42 bits per heavy atom. The van der Waals surface area contributed by atoms with E-state index in [2.05, 4.69) is 18.7 Å². The number of unbranched alkanes of at least 4 members (excludes halogenated alkanes) is 1. The Bertz CT molecular complexity index is 811. The highest BCUT2D eigenvalue weighted by molar-refractivity contribution is 7.90. The zero-order chi connectivity index (χ0) is 22.9. The van der Waals surface area contributed by atoms with E-state index in [1.165, 1.54) is 6.26 Å². The molecule has 0 aliphatic carbocycles. The lowest BCUT2D eigenvalue weighted by molar-refractivity contribution is -0.130. The van der Waals surface area contributed by atoms with Gasteiger partial charge in [0.05, 0.1) is 4.90 Å². The Kier molecular flexibility index (Phi) is 9.96. The maximum absolute atomic E-state index is 12.2. The van der Waals surface area contributed by atoms with Crippen LogP contribution in [0, 0.1) is 0 Å². The smallest absolute Gasteiger partial charge is 0.224 e. The summed E-state index contributed by atoms with van der Waals surface area (Å²) in [7, 11) is -3.17. The summed E-state index contributed by atoms with van der Waals surface area (Å²) in [5, 5.41) is 0. The molecule has 31 heavy (non-hydrogen) atoms. The number of benzene rings is 1. The molecule has 1 unspecified atom stereocenters. The molecule has 0 spiro atoms. The lowest BCUT2D eigenvalue weighted by Crippen LogP contribution is -2.37. The quantitative estimate of drug-likeness (QED) is 0.360. The molecule has 0 saturated carbocycles. The molecule has 1 aliphatic heterocycles. The van der Waals surface area contributed by atoms with E-state index in [0.29, 0.717) is 37.0 Å². The summed E-state index contributed by atoms with van der Waals surface area (Å²) in [4.78, 5) is 29.6. The molecular formula is C23H37N3O4S. The predicted molar refractivity (Wildman–Crippen MR) is 123 cm³/mol. The van der Waals surface area contributed by atoms with Crippen molar-refractivity contribution in [1.82, 2.24) is 14.7 Å². The number of carbonyl (C=O) groups excluding carboxylic acids is 2. The van der Waals surface area contributed by atoms with Crippen LogP contribution >= 0.6 is 0 Å². The van der Waals surface area contributed by atoms with Gasteiger partial charge in [0.15, 0.2) is 9.84 Å². The van der Waals surface area contributed by atoms with Crippen molar-refractivity contribution in [1.29, 1.82) is 0 Å². The summed E-state index contributed by atoms with van der Waals surface area (Å²) in [5.74, 6) is 0.140. The summed E-state index contributed by atoms with van der Waals surface area (Å²) >= 11 is 0. The molecule has 1 saturated heterocycles. The van der Waals surface area contributed by atoms with Crippen molar-refractivity contribution in [3.8, 4) is 0 Å². The van der Waals surface area contributed by atoms with Crippen LogP contribution in [0.5, 0.6) is 0 Å². The molecule has 0 aromatic heterocycles. The molecule has 0 radical (unpaired) electrons. The van der Waals surface area contributed by atoms with Crippen molar-refractivity contribution in [3.05, 3.63) is 29.8 Å². The SMILES string of the molecule is CCCN(CCCCN1CCN(C=O)CCC1=O)C(C)Cc1ccc(S(C)(=O)=O)cc1. The van der Waals surface area contributed by atoms with Gasteiger partial charge < -0.3 is 14.7 Å². The molecule has 8 heteroatoms. The second kappa shape index (κ2) is 12.2. The van der Waals surface area contributed by atoms with E-state index < -0.39 is 9.84 Å². The molecule has 1 heterocycles. The molecule has 2 rings (SSSR count). The van der Waals surface area contributed by atoms with E-state index in [1.54, 1.807) is 17.0 Å². The minimum Gasteiger partial charge on any atom is -0.343 e. The molecule has 1 aromatic rings. The van der Waals surface area contributed by atoms with Gasteiger partial charge in [0.1, 0.15) is 0 Å². The third-order valence-electron chi connectivity index (χ3n) is 5.91. The van der Waals surface area contributed by atoms with Crippen LogP contribution < -0.4 is 0 Å². The summed E-state index contributed by atoms with van der Waals surface area (Å²) < 4.78 is 23.3. The fourth-order valence-corrected chi connectivity index (χ4v) is 4.66. The maximum Gasteiger partial charge on any atom is 0.224 e. The number of nitrogens with zero attached hydrogens (tertiary/aromatic N) is 3. The molecule has 1 aliphatic rings. The second-order valence-electron chi connectivity index (χ2n) is 8.48. The topological polar surface area (TPSA) is 78.0 Å². The summed E-state index contributed by atoms with van der Waals surface area (Å²) in [5.41, 5.74) is 1.14. The van der Waals surface area contributed by atoms with Crippen LogP contribution in [0.15, 0.2) is 29.2 Å². The molecular weight excluding hydrogens is 414 g/mol. The van der Waals surface area contributed by atoms with E-state index in [4.69, 9.17) is 0 Å². The monoisotopic (exact) mass is 451 g/mol. The highest BCUT2D eigenvalue weighted by Gasteiger charge is 2.20. The van der Waals surface area contributed by atoms with Gasteiger partial charge in [0.2, 0.25) is 12.3 Å². The molecule has 2 amide bonds. The molecule has 174 valence electrons. The maximum atomic E-state index is 12.2. The molecule has 1 fully saturated rings. The van der Waals surface area contributed by atoms with E-state index in [0.717, 1.165) is 57.3 Å². The zero-order valence-electron chi connectivity index (χ0n) is 19.1. The van der Waals surface area contributed by atoms with Crippen LogP contribution in [-0.2, 0) is 25.8 Å². The van der Waals surface area contributed by atoms with Gasteiger partial charge in [-0.1, -0.05) is 19.1 Å². The highest BCUT2D eigenvalue weighted by Crippen LogP contribution is 2.15. The number of rotatable bonds is 12. The Morgan fingerprint density at radius 1 is 1.10 bits per heavy atom. The fraction of sp³-hybridized carbons (Fsp3) is 0.652. The lowest BCUT2D eigenvalue weighted by atomic mass is 10.1. The molecule has 0 N–H and O–H groups in total. The molecule has 1 atom stereocenters. The number of hydrogen-bond donors (Lipinski definition) is 0. The normalized spacial score (nSPS) is 16.5. The largest absolute Gasteiger partial charge is 0.343 e. The first-order valence-corrected chi connectivity index (χ1v) is 13.1. The van der Waals surface area contributed by atoms with Crippen LogP contribution in [0.1, 0.15) is 45.1 Å². The Hall–Kier alpha value is -1.93.